The lowest BCUT2D eigenvalue weighted by Crippen LogP contribution is -2.38. The van der Waals surface area contributed by atoms with Crippen molar-refractivity contribution in [1.82, 2.24) is 5.32 Å². The Bertz CT molecular complexity index is 484. The summed E-state index contributed by atoms with van der Waals surface area (Å²) >= 11 is 0. The highest BCUT2D eigenvalue weighted by Gasteiger charge is 2.35. The minimum absolute atomic E-state index is 0.123. The maximum absolute atomic E-state index is 11.0. The molecule has 2 saturated carbocycles. The number of rotatable bonds is 5. The molecule has 0 radical (unpaired) electrons. The highest BCUT2D eigenvalue weighted by molar-refractivity contribution is 5.70. The molecular formula is C18H25NO2. The maximum atomic E-state index is 11.0. The average Bonchev–Trinajstić information content (AvgIpc) is 3.31. The van der Waals surface area contributed by atoms with Gasteiger partial charge in [0.2, 0.25) is 0 Å². The van der Waals surface area contributed by atoms with E-state index in [1.54, 1.807) is 0 Å². The first-order valence-corrected chi connectivity index (χ1v) is 8.19. The smallest absolute Gasteiger partial charge is 0.306 e. The van der Waals surface area contributed by atoms with Gasteiger partial charge in [0, 0.05) is 12.1 Å². The largest absolute Gasteiger partial charge is 0.481 e. The standard InChI is InChI=1S/C18H25NO2/c1-12-2-4-13(5-3-12)17(14-6-7-14)19-16-10-8-15(9-11-16)18(20)21/h2-5,14-17,19H,6-11H2,1H3,(H,20,21). The van der Waals surface area contributed by atoms with Crippen molar-refractivity contribution in [2.24, 2.45) is 11.8 Å². The van der Waals surface area contributed by atoms with Gasteiger partial charge in [-0.2, -0.15) is 0 Å². The van der Waals surface area contributed by atoms with Crippen molar-refractivity contribution in [1.29, 1.82) is 0 Å². The average molecular weight is 287 g/mol. The highest BCUT2D eigenvalue weighted by Crippen LogP contribution is 2.42. The van der Waals surface area contributed by atoms with Crippen LogP contribution >= 0.6 is 0 Å². The summed E-state index contributed by atoms with van der Waals surface area (Å²) in [5.74, 6) is 0.0254. The van der Waals surface area contributed by atoms with Gasteiger partial charge in [0.05, 0.1) is 5.92 Å². The van der Waals surface area contributed by atoms with Crippen molar-refractivity contribution < 1.29 is 9.90 Å². The number of carbonyl (C=O) groups is 1. The van der Waals surface area contributed by atoms with Gasteiger partial charge in [-0.05, 0) is 56.9 Å². The van der Waals surface area contributed by atoms with Crippen molar-refractivity contribution in [3.05, 3.63) is 35.4 Å². The lowest BCUT2D eigenvalue weighted by molar-refractivity contribution is -0.142. The monoisotopic (exact) mass is 287 g/mol. The second-order valence-corrected chi connectivity index (χ2v) is 6.78. The number of hydrogen-bond donors (Lipinski definition) is 2. The van der Waals surface area contributed by atoms with Crippen LogP contribution in [0.15, 0.2) is 24.3 Å². The van der Waals surface area contributed by atoms with Crippen LogP contribution in [-0.2, 0) is 4.79 Å². The van der Waals surface area contributed by atoms with Crippen molar-refractivity contribution >= 4 is 5.97 Å². The summed E-state index contributed by atoms with van der Waals surface area (Å²) in [5, 5.41) is 12.9. The topological polar surface area (TPSA) is 49.3 Å². The number of carboxylic acid groups (broad SMARTS) is 1. The fourth-order valence-corrected chi connectivity index (χ4v) is 3.47. The molecule has 0 amide bonds. The Balaban J connectivity index is 1.61. The first kappa shape index (κ1) is 14.6. The van der Waals surface area contributed by atoms with Gasteiger partial charge in [0.15, 0.2) is 0 Å². The van der Waals surface area contributed by atoms with Gasteiger partial charge >= 0.3 is 5.97 Å². The number of carboxylic acids is 1. The molecular weight excluding hydrogens is 262 g/mol. The van der Waals surface area contributed by atoms with Crippen LogP contribution in [-0.4, -0.2) is 17.1 Å². The molecule has 2 aliphatic rings. The third-order valence-corrected chi connectivity index (χ3v) is 5.02. The van der Waals surface area contributed by atoms with Crippen molar-refractivity contribution in [3.63, 3.8) is 0 Å². The van der Waals surface area contributed by atoms with E-state index < -0.39 is 5.97 Å². The molecule has 1 aromatic rings. The number of aliphatic carboxylic acids is 1. The Morgan fingerprint density at radius 3 is 2.24 bits per heavy atom. The molecule has 3 rings (SSSR count). The zero-order valence-corrected chi connectivity index (χ0v) is 12.7. The van der Waals surface area contributed by atoms with E-state index in [9.17, 15) is 4.79 Å². The summed E-state index contributed by atoms with van der Waals surface area (Å²) in [6, 6.07) is 9.80. The van der Waals surface area contributed by atoms with E-state index in [1.807, 2.05) is 0 Å². The Morgan fingerprint density at radius 1 is 1.10 bits per heavy atom. The van der Waals surface area contributed by atoms with Crippen LogP contribution < -0.4 is 5.32 Å². The van der Waals surface area contributed by atoms with Gasteiger partial charge in [-0.25, -0.2) is 0 Å². The van der Waals surface area contributed by atoms with Gasteiger partial charge in [-0.1, -0.05) is 29.8 Å². The molecule has 2 N–H and O–H groups in total. The molecule has 3 heteroatoms. The Hall–Kier alpha value is -1.35. The summed E-state index contributed by atoms with van der Waals surface area (Å²) in [6.45, 7) is 2.12. The van der Waals surface area contributed by atoms with Crippen molar-refractivity contribution in [2.45, 2.75) is 57.5 Å². The molecule has 114 valence electrons. The Morgan fingerprint density at radius 2 is 1.71 bits per heavy atom. The molecule has 1 unspecified atom stereocenters. The number of aryl methyl sites for hydroxylation is 1. The van der Waals surface area contributed by atoms with Gasteiger partial charge in [-0.3, -0.25) is 4.79 Å². The van der Waals surface area contributed by atoms with Crippen LogP contribution in [0.2, 0.25) is 0 Å². The molecule has 1 atom stereocenters. The lowest BCUT2D eigenvalue weighted by atomic mass is 9.85. The maximum Gasteiger partial charge on any atom is 0.306 e. The third-order valence-electron chi connectivity index (χ3n) is 5.02. The molecule has 0 aliphatic heterocycles. The van der Waals surface area contributed by atoms with Crippen LogP contribution in [0.3, 0.4) is 0 Å². The molecule has 0 bridgehead atoms. The van der Waals surface area contributed by atoms with E-state index in [1.165, 1.54) is 24.0 Å². The van der Waals surface area contributed by atoms with E-state index in [2.05, 4.69) is 36.5 Å². The third kappa shape index (κ3) is 3.65. The second-order valence-electron chi connectivity index (χ2n) is 6.78. The summed E-state index contributed by atoms with van der Waals surface area (Å²) in [7, 11) is 0. The zero-order chi connectivity index (χ0) is 14.8. The number of nitrogens with one attached hydrogen (secondary N) is 1. The quantitative estimate of drug-likeness (QED) is 0.868. The first-order valence-electron chi connectivity index (χ1n) is 8.19. The van der Waals surface area contributed by atoms with Gasteiger partial charge in [0.1, 0.15) is 0 Å². The fourth-order valence-electron chi connectivity index (χ4n) is 3.47. The highest BCUT2D eigenvalue weighted by atomic mass is 16.4. The SMILES string of the molecule is Cc1ccc(C(NC2CCC(C(=O)O)CC2)C2CC2)cc1. The van der Waals surface area contributed by atoms with E-state index in [0.717, 1.165) is 31.6 Å². The van der Waals surface area contributed by atoms with Crippen LogP contribution in [0.25, 0.3) is 0 Å². The van der Waals surface area contributed by atoms with Gasteiger partial charge in [-0.15, -0.1) is 0 Å². The normalized spacial score (nSPS) is 27.3. The van der Waals surface area contributed by atoms with Gasteiger partial charge in [0.25, 0.3) is 0 Å². The molecule has 0 heterocycles. The molecule has 0 saturated heterocycles. The Labute approximate surface area is 126 Å². The first-order chi connectivity index (χ1) is 10.1. The predicted octanol–water partition coefficient (Wildman–Crippen LogP) is 3.68. The van der Waals surface area contributed by atoms with Crippen LogP contribution in [0.5, 0.6) is 0 Å². The number of hydrogen-bond acceptors (Lipinski definition) is 2. The van der Waals surface area contributed by atoms with Crippen molar-refractivity contribution in [2.75, 3.05) is 0 Å². The minimum Gasteiger partial charge on any atom is -0.481 e. The van der Waals surface area contributed by atoms with Crippen molar-refractivity contribution in [3.8, 4) is 0 Å². The number of benzene rings is 1. The molecule has 0 spiro atoms. The van der Waals surface area contributed by atoms with Crippen LogP contribution in [0.1, 0.15) is 55.7 Å². The minimum atomic E-state index is -0.620. The molecule has 0 aromatic heterocycles. The van der Waals surface area contributed by atoms with E-state index >= 15 is 0 Å². The lowest BCUT2D eigenvalue weighted by Gasteiger charge is -2.31. The van der Waals surface area contributed by atoms with Gasteiger partial charge < -0.3 is 10.4 Å². The van der Waals surface area contributed by atoms with Crippen LogP contribution in [0.4, 0.5) is 0 Å². The zero-order valence-electron chi connectivity index (χ0n) is 12.7. The van der Waals surface area contributed by atoms with Crippen LogP contribution in [0, 0.1) is 18.8 Å². The predicted molar refractivity (Wildman–Crippen MR) is 83.2 cm³/mol. The second kappa shape index (κ2) is 6.18. The fraction of sp³-hybridized carbons (Fsp3) is 0.611. The van der Waals surface area contributed by atoms with E-state index in [-0.39, 0.29) is 5.92 Å². The van der Waals surface area contributed by atoms with E-state index in [0.29, 0.717) is 12.1 Å². The molecule has 21 heavy (non-hydrogen) atoms. The molecule has 3 nitrogen and oxygen atoms in total. The molecule has 1 aromatic carbocycles. The summed E-state index contributed by atoms with van der Waals surface area (Å²) < 4.78 is 0. The summed E-state index contributed by atoms with van der Waals surface area (Å²) in [5.41, 5.74) is 2.69. The van der Waals surface area contributed by atoms with E-state index in [4.69, 9.17) is 5.11 Å². The molecule has 2 aliphatic carbocycles. The summed E-state index contributed by atoms with van der Waals surface area (Å²) in [6.07, 6.45) is 6.25. The summed E-state index contributed by atoms with van der Waals surface area (Å²) in [4.78, 5) is 11.0. The Kier molecular flexibility index (Phi) is 4.29. The molecule has 2 fully saturated rings.